The van der Waals surface area contributed by atoms with Gasteiger partial charge in [-0.3, -0.25) is 0 Å². The molecule has 0 saturated carbocycles. The summed E-state index contributed by atoms with van der Waals surface area (Å²) in [5.74, 6) is 0.846. The summed E-state index contributed by atoms with van der Waals surface area (Å²) in [5.41, 5.74) is 6.44. The number of ether oxygens (including phenoxy) is 1. The highest BCUT2D eigenvalue weighted by Gasteiger charge is 2.05. The summed E-state index contributed by atoms with van der Waals surface area (Å²) in [7, 11) is 5.77. The van der Waals surface area contributed by atoms with Crippen molar-refractivity contribution in [3.05, 3.63) is 84.2 Å². The van der Waals surface area contributed by atoms with E-state index in [-0.39, 0.29) is 0 Å². The van der Waals surface area contributed by atoms with E-state index in [0.717, 1.165) is 28.2 Å². The molecule has 0 aliphatic rings. The van der Waals surface area contributed by atoms with Crippen LogP contribution in [0.4, 0.5) is 5.69 Å². The second-order valence-electron chi connectivity index (χ2n) is 6.90. The van der Waals surface area contributed by atoms with Crippen LogP contribution in [0.25, 0.3) is 29.1 Å². The Bertz CT molecular complexity index is 1110. The molecular formula is C24H23N3O. The van der Waals surface area contributed by atoms with Gasteiger partial charge in [0, 0.05) is 37.7 Å². The molecule has 2 aromatic heterocycles. The standard InChI is InChI=1S/C24H23N3O/c1-26(2)21-10-6-18(7-11-21)4-5-19-14-15-27-17-23(25-24(27)16-19)20-8-12-22(28-3)13-9-20/h4-17H,1-3H3. The predicted octanol–water partition coefficient (Wildman–Crippen LogP) is 5.25. The third-order valence-corrected chi connectivity index (χ3v) is 4.75. The lowest BCUT2D eigenvalue weighted by molar-refractivity contribution is 0.415. The van der Waals surface area contributed by atoms with Crippen LogP contribution in [0, 0.1) is 0 Å². The van der Waals surface area contributed by atoms with Gasteiger partial charge in [-0.2, -0.15) is 0 Å². The zero-order valence-corrected chi connectivity index (χ0v) is 16.3. The molecule has 140 valence electrons. The summed E-state index contributed by atoms with van der Waals surface area (Å²) in [5, 5.41) is 0. The molecule has 0 fully saturated rings. The number of pyridine rings is 1. The molecule has 28 heavy (non-hydrogen) atoms. The Labute approximate surface area is 165 Å². The maximum absolute atomic E-state index is 5.23. The van der Waals surface area contributed by atoms with Crippen LogP contribution in [0.2, 0.25) is 0 Å². The Kier molecular flexibility index (Phi) is 4.85. The van der Waals surface area contributed by atoms with Crippen molar-refractivity contribution < 1.29 is 4.74 Å². The van der Waals surface area contributed by atoms with Gasteiger partial charge in [0.2, 0.25) is 0 Å². The van der Waals surface area contributed by atoms with Gasteiger partial charge in [-0.25, -0.2) is 4.98 Å². The van der Waals surface area contributed by atoms with Crippen molar-refractivity contribution in [2.24, 2.45) is 0 Å². The van der Waals surface area contributed by atoms with Gasteiger partial charge in [-0.05, 0) is 59.7 Å². The third-order valence-electron chi connectivity index (χ3n) is 4.75. The van der Waals surface area contributed by atoms with Gasteiger partial charge in [-0.15, -0.1) is 0 Å². The average Bonchev–Trinajstić information content (AvgIpc) is 3.16. The van der Waals surface area contributed by atoms with E-state index >= 15 is 0 Å². The molecule has 0 amide bonds. The van der Waals surface area contributed by atoms with Crippen LogP contribution in [0.1, 0.15) is 11.1 Å². The second kappa shape index (κ2) is 7.61. The summed E-state index contributed by atoms with van der Waals surface area (Å²) in [6.45, 7) is 0. The lowest BCUT2D eigenvalue weighted by Crippen LogP contribution is -2.07. The van der Waals surface area contributed by atoms with Gasteiger partial charge in [-0.1, -0.05) is 24.3 Å². The summed E-state index contributed by atoms with van der Waals surface area (Å²) in [4.78, 5) is 6.87. The smallest absolute Gasteiger partial charge is 0.138 e. The van der Waals surface area contributed by atoms with Crippen molar-refractivity contribution in [3.8, 4) is 17.0 Å². The van der Waals surface area contributed by atoms with Crippen molar-refractivity contribution >= 4 is 23.5 Å². The predicted molar refractivity (Wildman–Crippen MR) is 117 cm³/mol. The highest BCUT2D eigenvalue weighted by atomic mass is 16.5. The van der Waals surface area contributed by atoms with Gasteiger partial charge in [0.25, 0.3) is 0 Å². The Morgan fingerprint density at radius 3 is 2.29 bits per heavy atom. The molecule has 4 rings (SSSR count). The number of fused-ring (bicyclic) bond motifs is 1. The SMILES string of the molecule is COc1ccc(-c2cn3ccc(C=Cc4ccc(N(C)C)cc4)cc3n2)cc1. The maximum Gasteiger partial charge on any atom is 0.138 e. The van der Waals surface area contributed by atoms with Crippen molar-refractivity contribution in [1.82, 2.24) is 9.38 Å². The highest BCUT2D eigenvalue weighted by molar-refractivity contribution is 5.72. The zero-order valence-electron chi connectivity index (χ0n) is 16.3. The van der Waals surface area contributed by atoms with E-state index in [4.69, 9.17) is 9.72 Å². The van der Waals surface area contributed by atoms with Crippen LogP contribution in [0.15, 0.2) is 73.1 Å². The fourth-order valence-corrected chi connectivity index (χ4v) is 3.08. The van der Waals surface area contributed by atoms with Crippen LogP contribution in [-0.4, -0.2) is 30.6 Å². The maximum atomic E-state index is 5.23. The summed E-state index contributed by atoms with van der Waals surface area (Å²) < 4.78 is 7.27. The minimum atomic E-state index is 0.846. The van der Waals surface area contributed by atoms with Crippen molar-refractivity contribution in [1.29, 1.82) is 0 Å². The van der Waals surface area contributed by atoms with Crippen molar-refractivity contribution in [3.63, 3.8) is 0 Å². The van der Waals surface area contributed by atoms with E-state index < -0.39 is 0 Å². The lowest BCUT2D eigenvalue weighted by atomic mass is 10.1. The zero-order chi connectivity index (χ0) is 19.5. The fraction of sp³-hybridized carbons (Fsp3) is 0.125. The van der Waals surface area contributed by atoms with Gasteiger partial charge in [0.1, 0.15) is 11.4 Å². The number of aromatic nitrogens is 2. The van der Waals surface area contributed by atoms with Crippen LogP contribution < -0.4 is 9.64 Å². The molecule has 4 aromatic rings. The van der Waals surface area contributed by atoms with Crippen LogP contribution in [0.5, 0.6) is 5.75 Å². The molecular weight excluding hydrogens is 346 g/mol. The Hall–Kier alpha value is -3.53. The molecule has 4 nitrogen and oxygen atoms in total. The van der Waals surface area contributed by atoms with Gasteiger partial charge in [0.05, 0.1) is 12.8 Å². The monoisotopic (exact) mass is 369 g/mol. The molecule has 0 unspecified atom stereocenters. The van der Waals surface area contributed by atoms with Crippen LogP contribution in [0.3, 0.4) is 0 Å². The first kappa shape index (κ1) is 17.9. The van der Waals surface area contributed by atoms with E-state index in [0.29, 0.717) is 0 Å². The van der Waals surface area contributed by atoms with Gasteiger partial charge in [0.15, 0.2) is 0 Å². The second-order valence-corrected chi connectivity index (χ2v) is 6.90. The first-order chi connectivity index (χ1) is 13.6. The first-order valence-electron chi connectivity index (χ1n) is 9.21. The number of hydrogen-bond acceptors (Lipinski definition) is 3. The fourth-order valence-electron chi connectivity index (χ4n) is 3.08. The highest BCUT2D eigenvalue weighted by Crippen LogP contribution is 2.23. The number of nitrogens with zero attached hydrogens (tertiary/aromatic N) is 3. The Morgan fingerprint density at radius 1 is 0.893 bits per heavy atom. The molecule has 0 aliphatic carbocycles. The summed E-state index contributed by atoms with van der Waals surface area (Å²) in [6, 6.07) is 20.7. The average molecular weight is 369 g/mol. The number of benzene rings is 2. The van der Waals surface area contributed by atoms with Gasteiger partial charge >= 0.3 is 0 Å². The molecule has 0 radical (unpaired) electrons. The molecule has 0 aliphatic heterocycles. The summed E-state index contributed by atoms with van der Waals surface area (Å²) >= 11 is 0. The number of methoxy groups -OCH3 is 1. The molecule has 0 atom stereocenters. The number of anilines is 1. The van der Waals surface area contributed by atoms with Crippen molar-refractivity contribution in [2.45, 2.75) is 0 Å². The molecule has 2 heterocycles. The Morgan fingerprint density at radius 2 is 1.61 bits per heavy atom. The minimum Gasteiger partial charge on any atom is -0.497 e. The number of imidazole rings is 1. The van der Waals surface area contributed by atoms with Crippen molar-refractivity contribution in [2.75, 3.05) is 26.1 Å². The topological polar surface area (TPSA) is 29.8 Å². The van der Waals surface area contributed by atoms with E-state index in [9.17, 15) is 0 Å². The van der Waals surface area contributed by atoms with E-state index in [1.165, 1.54) is 11.3 Å². The lowest BCUT2D eigenvalue weighted by Gasteiger charge is -2.11. The summed E-state index contributed by atoms with van der Waals surface area (Å²) in [6.07, 6.45) is 8.33. The van der Waals surface area contributed by atoms with Crippen LogP contribution >= 0.6 is 0 Å². The molecule has 0 spiro atoms. The number of hydrogen-bond donors (Lipinski definition) is 0. The largest absolute Gasteiger partial charge is 0.497 e. The third kappa shape index (κ3) is 3.76. The molecule has 2 aromatic carbocycles. The minimum absolute atomic E-state index is 0.846. The van der Waals surface area contributed by atoms with Gasteiger partial charge < -0.3 is 14.0 Å². The number of rotatable bonds is 5. The normalized spacial score (nSPS) is 11.2. The molecule has 0 bridgehead atoms. The van der Waals surface area contributed by atoms with E-state index in [2.05, 4.69) is 53.5 Å². The van der Waals surface area contributed by atoms with E-state index in [1.807, 2.05) is 55.2 Å². The quantitative estimate of drug-likeness (QED) is 0.481. The Balaban J connectivity index is 1.57. The molecule has 0 saturated heterocycles. The molecule has 0 N–H and O–H groups in total. The van der Waals surface area contributed by atoms with Crippen LogP contribution in [-0.2, 0) is 0 Å². The first-order valence-corrected chi connectivity index (χ1v) is 9.21. The van der Waals surface area contributed by atoms with E-state index in [1.54, 1.807) is 7.11 Å². The molecule has 4 heteroatoms.